The van der Waals surface area contributed by atoms with Crippen molar-refractivity contribution in [1.29, 1.82) is 0 Å². The molecule has 1 atom stereocenters. The van der Waals surface area contributed by atoms with E-state index in [-0.39, 0.29) is 0 Å². The lowest BCUT2D eigenvalue weighted by molar-refractivity contribution is 0.140. The quantitative estimate of drug-likeness (QED) is 0.843. The summed E-state index contributed by atoms with van der Waals surface area (Å²) in [5.41, 5.74) is 1.33. The highest BCUT2D eigenvalue weighted by atomic mass is 16.3. The third-order valence-corrected chi connectivity index (χ3v) is 5.70. The van der Waals surface area contributed by atoms with E-state index in [1.165, 1.54) is 51.0 Å². The van der Waals surface area contributed by atoms with Gasteiger partial charge in [-0.15, -0.1) is 0 Å². The van der Waals surface area contributed by atoms with Gasteiger partial charge in [0.15, 0.2) is 0 Å². The highest BCUT2D eigenvalue weighted by Crippen LogP contribution is 2.32. The Hall–Kier alpha value is -1.65. The Balaban J connectivity index is 1.23. The van der Waals surface area contributed by atoms with Gasteiger partial charge in [-0.25, -0.2) is 0 Å². The molecule has 0 aliphatic carbocycles. The van der Waals surface area contributed by atoms with E-state index in [1.54, 1.807) is 6.26 Å². The molecule has 0 amide bonds. The van der Waals surface area contributed by atoms with Crippen LogP contribution in [0.5, 0.6) is 0 Å². The molecule has 0 spiro atoms. The van der Waals surface area contributed by atoms with E-state index in [0.29, 0.717) is 0 Å². The Morgan fingerprint density at radius 2 is 1.79 bits per heavy atom. The maximum atomic E-state index is 5.49. The molecule has 2 saturated heterocycles. The molecule has 0 saturated carbocycles. The lowest BCUT2D eigenvalue weighted by Crippen LogP contribution is -2.36. The fourth-order valence-electron chi connectivity index (χ4n) is 4.35. The Morgan fingerprint density at radius 1 is 0.958 bits per heavy atom. The Bertz CT molecular complexity index is 605. The molecule has 2 aliphatic heterocycles. The average Bonchev–Trinajstić information content (AvgIpc) is 3.29. The van der Waals surface area contributed by atoms with Crippen LogP contribution in [-0.2, 0) is 13.1 Å². The van der Waals surface area contributed by atoms with Crippen LogP contribution in [0.3, 0.4) is 0 Å². The third-order valence-electron chi connectivity index (χ3n) is 5.70. The van der Waals surface area contributed by atoms with Crippen LogP contribution in [0.15, 0.2) is 47.3 Å². The minimum atomic E-state index is 0.875. The number of likely N-dealkylation sites (tertiary alicyclic amines) is 2. The summed E-state index contributed by atoms with van der Waals surface area (Å²) in [4.78, 5) is 9.37. The lowest BCUT2D eigenvalue weighted by Gasteiger charge is -2.34. The summed E-state index contributed by atoms with van der Waals surface area (Å²) in [5, 5.41) is 0. The van der Waals surface area contributed by atoms with E-state index in [4.69, 9.17) is 4.42 Å². The van der Waals surface area contributed by atoms with Crippen LogP contribution in [0.25, 0.3) is 0 Å². The number of furan rings is 1. The molecule has 0 unspecified atom stereocenters. The molecule has 4 rings (SSSR count). The zero-order valence-corrected chi connectivity index (χ0v) is 14.3. The minimum absolute atomic E-state index is 0.875. The van der Waals surface area contributed by atoms with Crippen LogP contribution < -0.4 is 0 Å². The summed E-state index contributed by atoms with van der Waals surface area (Å²) in [7, 11) is 0. The van der Waals surface area contributed by atoms with Gasteiger partial charge in [0.1, 0.15) is 5.76 Å². The number of piperidine rings is 1. The van der Waals surface area contributed by atoms with Crippen LogP contribution in [-0.4, -0.2) is 41.0 Å². The van der Waals surface area contributed by atoms with E-state index in [1.807, 2.05) is 24.5 Å². The van der Waals surface area contributed by atoms with E-state index >= 15 is 0 Å². The average molecular weight is 325 g/mol. The second-order valence-electron chi connectivity index (χ2n) is 7.34. The number of rotatable bonds is 5. The molecule has 4 heterocycles. The van der Waals surface area contributed by atoms with Crippen LogP contribution in [0.4, 0.5) is 0 Å². The fourth-order valence-corrected chi connectivity index (χ4v) is 4.35. The van der Waals surface area contributed by atoms with Crippen molar-refractivity contribution in [2.75, 3.05) is 26.2 Å². The monoisotopic (exact) mass is 325 g/mol. The molecular weight excluding hydrogens is 298 g/mol. The molecule has 4 heteroatoms. The number of hydrogen-bond acceptors (Lipinski definition) is 4. The normalized spacial score (nSPS) is 23.8. The molecule has 24 heavy (non-hydrogen) atoms. The highest BCUT2D eigenvalue weighted by molar-refractivity contribution is 5.08. The number of nitrogens with zero attached hydrogens (tertiary/aromatic N) is 3. The molecular formula is C20H27N3O. The van der Waals surface area contributed by atoms with Crippen LogP contribution in [0.1, 0.15) is 30.6 Å². The number of aromatic nitrogens is 1. The zero-order chi connectivity index (χ0) is 16.2. The molecule has 2 fully saturated rings. The zero-order valence-electron chi connectivity index (χ0n) is 14.3. The summed E-state index contributed by atoms with van der Waals surface area (Å²) in [5.74, 6) is 2.87. The van der Waals surface area contributed by atoms with Gasteiger partial charge >= 0.3 is 0 Å². The lowest BCUT2D eigenvalue weighted by atomic mass is 9.83. The first-order valence-corrected chi connectivity index (χ1v) is 9.23. The van der Waals surface area contributed by atoms with Gasteiger partial charge in [-0.1, -0.05) is 6.07 Å². The first-order chi connectivity index (χ1) is 11.9. The SMILES string of the molecule is c1cncc(CN2CCC([C@@H]3CCN(Cc4ccco4)C3)CC2)c1. The van der Waals surface area contributed by atoms with E-state index in [9.17, 15) is 0 Å². The number of pyridine rings is 1. The maximum absolute atomic E-state index is 5.49. The van der Waals surface area contributed by atoms with Gasteiger partial charge in [0.25, 0.3) is 0 Å². The molecule has 2 aromatic heterocycles. The van der Waals surface area contributed by atoms with E-state index in [0.717, 1.165) is 30.7 Å². The van der Waals surface area contributed by atoms with Crippen molar-refractivity contribution in [3.05, 3.63) is 54.2 Å². The van der Waals surface area contributed by atoms with Crippen molar-refractivity contribution in [1.82, 2.24) is 14.8 Å². The third kappa shape index (κ3) is 3.87. The van der Waals surface area contributed by atoms with Gasteiger partial charge in [0.05, 0.1) is 12.8 Å². The summed E-state index contributed by atoms with van der Waals surface area (Å²) in [6.45, 7) is 6.96. The minimum Gasteiger partial charge on any atom is -0.468 e. The molecule has 0 radical (unpaired) electrons. The second kappa shape index (κ2) is 7.49. The molecule has 2 aliphatic rings. The van der Waals surface area contributed by atoms with Crippen molar-refractivity contribution in [3.8, 4) is 0 Å². The molecule has 0 N–H and O–H groups in total. The number of hydrogen-bond donors (Lipinski definition) is 0. The first kappa shape index (κ1) is 15.9. The summed E-state index contributed by atoms with van der Waals surface area (Å²) in [6, 6.07) is 8.29. The topological polar surface area (TPSA) is 32.5 Å². The second-order valence-corrected chi connectivity index (χ2v) is 7.34. The van der Waals surface area contributed by atoms with Crippen molar-refractivity contribution < 1.29 is 4.42 Å². The first-order valence-electron chi connectivity index (χ1n) is 9.23. The Kier molecular flexibility index (Phi) is 4.95. The molecule has 0 aromatic carbocycles. The Morgan fingerprint density at radius 3 is 2.54 bits per heavy atom. The summed E-state index contributed by atoms with van der Waals surface area (Å²) >= 11 is 0. The molecule has 2 aromatic rings. The summed E-state index contributed by atoms with van der Waals surface area (Å²) in [6.07, 6.45) is 9.67. The van der Waals surface area contributed by atoms with E-state index < -0.39 is 0 Å². The van der Waals surface area contributed by atoms with Crippen molar-refractivity contribution >= 4 is 0 Å². The molecule has 0 bridgehead atoms. The van der Waals surface area contributed by atoms with E-state index in [2.05, 4.69) is 26.9 Å². The van der Waals surface area contributed by atoms with Gasteiger partial charge in [-0.05, 0) is 74.5 Å². The Labute approximate surface area is 144 Å². The largest absolute Gasteiger partial charge is 0.468 e. The fraction of sp³-hybridized carbons (Fsp3) is 0.550. The van der Waals surface area contributed by atoms with Crippen molar-refractivity contribution in [2.45, 2.75) is 32.4 Å². The van der Waals surface area contributed by atoms with Gasteiger partial charge in [0.2, 0.25) is 0 Å². The van der Waals surface area contributed by atoms with Gasteiger partial charge in [-0.2, -0.15) is 0 Å². The molecule has 128 valence electrons. The maximum Gasteiger partial charge on any atom is 0.117 e. The highest BCUT2D eigenvalue weighted by Gasteiger charge is 2.32. The van der Waals surface area contributed by atoms with Crippen LogP contribution in [0, 0.1) is 11.8 Å². The summed E-state index contributed by atoms with van der Waals surface area (Å²) < 4.78 is 5.49. The predicted octanol–water partition coefficient (Wildman–Crippen LogP) is 3.41. The van der Waals surface area contributed by atoms with Crippen LogP contribution >= 0.6 is 0 Å². The standard InChI is InChI=1S/C20H27N3O/c1-3-17(13-21-8-1)14-22-9-5-18(6-10-22)19-7-11-23(15-19)16-20-4-2-12-24-20/h1-4,8,12-13,18-19H,5-7,9-11,14-16H2/t19-/m1/s1. The smallest absolute Gasteiger partial charge is 0.117 e. The molecule has 4 nitrogen and oxygen atoms in total. The van der Waals surface area contributed by atoms with Crippen molar-refractivity contribution in [2.24, 2.45) is 11.8 Å². The van der Waals surface area contributed by atoms with Gasteiger partial charge in [0, 0.05) is 25.5 Å². The van der Waals surface area contributed by atoms with Crippen molar-refractivity contribution in [3.63, 3.8) is 0 Å². The predicted molar refractivity (Wildman–Crippen MR) is 94.3 cm³/mol. The van der Waals surface area contributed by atoms with Gasteiger partial charge < -0.3 is 4.42 Å². The van der Waals surface area contributed by atoms with Gasteiger partial charge in [-0.3, -0.25) is 14.8 Å². The van der Waals surface area contributed by atoms with Crippen LogP contribution in [0.2, 0.25) is 0 Å².